The molecule has 2 aliphatic rings. The van der Waals surface area contributed by atoms with Gasteiger partial charge in [0.2, 0.25) is 0 Å². The van der Waals surface area contributed by atoms with Gasteiger partial charge in [0, 0.05) is 25.6 Å². The van der Waals surface area contributed by atoms with Crippen LogP contribution in [-0.2, 0) is 11.3 Å². The number of nitrogens with zero attached hydrogens (tertiary/aromatic N) is 1. The second-order valence-corrected chi connectivity index (χ2v) is 5.79. The molecule has 0 aliphatic carbocycles. The summed E-state index contributed by atoms with van der Waals surface area (Å²) in [6.07, 6.45) is 0. The average Bonchev–Trinajstić information content (AvgIpc) is 2.83. The monoisotopic (exact) mass is 292 g/mol. The van der Waals surface area contributed by atoms with Gasteiger partial charge in [-0.25, -0.2) is 0 Å². The first-order valence-electron chi connectivity index (χ1n) is 6.93. The molecule has 6 heteroatoms. The lowest BCUT2D eigenvalue weighted by atomic mass is 9.76. The standard InChI is InChI=1S/C15H20N2O4/c1-17-7-11-10-5-13(21-3)12(20-2)4-9(10)6-16-15(11,8-17)14(18)19/h4-5,11,16H,6-8H2,1-3H3,(H,18,19)/t11-,15+/m0/s1. The van der Waals surface area contributed by atoms with E-state index in [9.17, 15) is 9.90 Å². The first-order chi connectivity index (χ1) is 10.0. The van der Waals surface area contributed by atoms with Gasteiger partial charge in [0.1, 0.15) is 5.54 Å². The predicted octanol–water partition coefficient (Wildman–Crippen LogP) is 0.659. The molecule has 2 aliphatic heterocycles. The number of nitrogens with one attached hydrogen (secondary N) is 1. The van der Waals surface area contributed by atoms with Gasteiger partial charge in [-0.15, -0.1) is 0 Å². The Balaban J connectivity index is 2.12. The number of benzene rings is 1. The summed E-state index contributed by atoms with van der Waals surface area (Å²) in [4.78, 5) is 13.9. The third-order valence-corrected chi connectivity index (χ3v) is 4.61. The van der Waals surface area contributed by atoms with Crippen molar-refractivity contribution in [3.63, 3.8) is 0 Å². The molecule has 114 valence electrons. The fraction of sp³-hybridized carbons (Fsp3) is 0.533. The number of methoxy groups -OCH3 is 2. The van der Waals surface area contributed by atoms with Crippen molar-refractivity contribution in [2.45, 2.75) is 18.0 Å². The summed E-state index contributed by atoms with van der Waals surface area (Å²) in [5, 5.41) is 13.0. The zero-order valence-electron chi connectivity index (χ0n) is 12.5. The van der Waals surface area contributed by atoms with Crippen molar-refractivity contribution in [3.05, 3.63) is 23.3 Å². The summed E-state index contributed by atoms with van der Waals surface area (Å²) in [5.74, 6) is 0.431. The Bertz CT molecular complexity index is 589. The number of aliphatic carboxylic acids is 1. The fourth-order valence-corrected chi connectivity index (χ4v) is 3.57. The normalized spacial score (nSPS) is 27.9. The molecule has 0 saturated carbocycles. The number of fused-ring (bicyclic) bond motifs is 3. The lowest BCUT2D eigenvalue weighted by Crippen LogP contribution is -2.59. The van der Waals surface area contributed by atoms with E-state index >= 15 is 0 Å². The van der Waals surface area contributed by atoms with Crippen LogP contribution in [0.5, 0.6) is 11.5 Å². The van der Waals surface area contributed by atoms with Crippen LogP contribution in [0.2, 0.25) is 0 Å². The minimum absolute atomic E-state index is 0.0939. The van der Waals surface area contributed by atoms with Crippen LogP contribution in [0, 0.1) is 0 Å². The summed E-state index contributed by atoms with van der Waals surface area (Å²) in [7, 11) is 5.15. The Hall–Kier alpha value is -1.79. The van der Waals surface area contributed by atoms with E-state index in [2.05, 4.69) is 10.2 Å². The minimum Gasteiger partial charge on any atom is -0.493 e. The number of hydrogen-bond acceptors (Lipinski definition) is 5. The summed E-state index contributed by atoms with van der Waals surface area (Å²) in [6, 6.07) is 3.86. The van der Waals surface area contributed by atoms with Crippen LogP contribution in [0.4, 0.5) is 0 Å². The molecule has 1 aromatic rings. The molecule has 6 nitrogen and oxygen atoms in total. The molecule has 0 spiro atoms. The second kappa shape index (κ2) is 4.89. The van der Waals surface area contributed by atoms with E-state index in [0.29, 0.717) is 31.1 Å². The van der Waals surface area contributed by atoms with Gasteiger partial charge in [-0.05, 0) is 30.3 Å². The molecule has 2 atom stereocenters. The Morgan fingerprint density at radius 2 is 2.05 bits per heavy atom. The summed E-state index contributed by atoms with van der Waals surface area (Å²) in [5.41, 5.74) is 1.20. The number of rotatable bonds is 3. The minimum atomic E-state index is -0.915. The van der Waals surface area contributed by atoms with Crippen LogP contribution in [0.15, 0.2) is 12.1 Å². The molecule has 1 fully saturated rings. The molecule has 21 heavy (non-hydrogen) atoms. The number of likely N-dealkylation sites (tertiary alicyclic amines) is 1. The molecule has 1 saturated heterocycles. The van der Waals surface area contributed by atoms with Gasteiger partial charge >= 0.3 is 5.97 Å². The maximum Gasteiger partial charge on any atom is 0.325 e. The average molecular weight is 292 g/mol. The highest BCUT2D eigenvalue weighted by Gasteiger charge is 2.54. The van der Waals surface area contributed by atoms with Crippen molar-refractivity contribution in [2.24, 2.45) is 0 Å². The van der Waals surface area contributed by atoms with Gasteiger partial charge in [-0.2, -0.15) is 0 Å². The Morgan fingerprint density at radius 3 is 2.67 bits per heavy atom. The highest BCUT2D eigenvalue weighted by Crippen LogP contribution is 2.44. The number of carboxylic acids is 1. The Kier molecular flexibility index (Phi) is 3.30. The molecule has 0 unspecified atom stereocenters. The summed E-state index contributed by atoms with van der Waals surface area (Å²) < 4.78 is 10.7. The lowest BCUT2D eigenvalue weighted by molar-refractivity contribution is -0.145. The van der Waals surface area contributed by atoms with Crippen molar-refractivity contribution in [1.82, 2.24) is 10.2 Å². The molecule has 0 aromatic heterocycles. The van der Waals surface area contributed by atoms with E-state index in [1.807, 2.05) is 19.2 Å². The quantitative estimate of drug-likeness (QED) is 0.853. The van der Waals surface area contributed by atoms with E-state index in [1.165, 1.54) is 0 Å². The fourth-order valence-electron chi connectivity index (χ4n) is 3.57. The van der Waals surface area contributed by atoms with Crippen molar-refractivity contribution in [1.29, 1.82) is 0 Å². The van der Waals surface area contributed by atoms with Crippen molar-refractivity contribution >= 4 is 5.97 Å². The molecule has 2 N–H and O–H groups in total. The highest BCUT2D eigenvalue weighted by atomic mass is 16.5. The van der Waals surface area contributed by atoms with Crippen LogP contribution in [0.25, 0.3) is 0 Å². The van der Waals surface area contributed by atoms with E-state index in [4.69, 9.17) is 9.47 Å². The zero-order chi connectivity index (χ0) is 15.2. The Morgan fingerprint density at radius 1 is 1.38 bits per heavy atom. The third kappa shape index (κ3) is 1.98. The van der Waals surface area contributed by atoms with Crippen molar-refractivity contribution < 1.29 is 19.4 Å². The molecule has 0 bridgehead atoms. The first-order valence-corrected chi connectivity index (χ1v) is 6.93. The molecule has 2 heterocycles. The van der Waals surface area contributed by atoms with E-state index in [0.717, 1.165) is 11.1 Å². The van der Waals surface area contributed by atoms with Gasteiger partial charge in [-0.3, -0.25) is 10.1 Å². The molecular weight excluding hydrogens is 272 g/mol. The zero-order valence-corrected chi connectivity index (χ0v) is 12.5. The topological polar surface area (TPSA) is 71.0 Å². The largest absolute Gasteiger partial charge is 0.493 e. The molecule has 3 rings (SSSR count). The van der Waals surface area contributed by atoms with Crippen molar-refractivity contribution in [3.8, 4) is 11.5 Å². The summed E-state index contributed by atoms with van der Waals surface area (Å²) in [6.45, 7) is 1.73. The Labute approximate surface area is 123 Å². The maximum atomic E-state index is 11.8. The van der Waals surface area contributed by atoms with Gasteiger partial charge in [0.25, 0.3) is 0 Å². The number of likely N-dealkylation sites (N-methyl/N-ethyl adjacent to an activating group) is 1. The summed E-state index contributed by atoms with van der Waals surface area (Å²) >= 11 is 0. The van der Waals surface area contributed by atoms with Crippen LogP contribution in [-0.4, -0.2) is 55.9 Å². The number of hydrogen-bond donors (Lipinski definition) is 2. The van der Waals surface area contributed by atoms with Crippen LogP contribution < -0.4 is 14.8 Å². The van der Waals surface area contributed by atoms with E-state index < -0.39 is 11.5 Å². The van der Waals surface area contributed by atoms with Gasteiger partial charge in [-0.1, -0.05) is 0 Å². The SMILES string of the molecule is COc1cc2c(cc1OC)[C@@H]1CN(C)C[C@@]1(C(=O)O)NC2. The van der Waals surface area contributed by atoms with Crippen LogP contribution in [0.3, 0.4) is 0 Å². The second-order valence-electron chi connectivity index (χ2n) is 5.79. The van der Waals surface area contributed by atoms with Gasteiger partial charge in [0.15, 0.2) is 11.5 Å². The number of carbonyl (C=O) groups is 1. The van der Waals surface area contributed by atoms with E-state index in [-0.39, 0.29) is 5.92 Å². The molecule has 0 radical (unpaired) electrons. The maximum absolute atomic E-state index is 11.8. The third-order valence-electron chi connectivity index (χ3n) is 4.61. The highest BCUT2D eigenvalue weighted by molar-refractivity contribution is 5.82. The number of carboxylic acid groups (broad SMARTS) is 1. The predicted molar refractivity (Wildman–Crippen MR) is 77.0 cm³/mol. The lowest BCUT2D eigenvalue weighted by Gasteiger charge is -2.37. The van der Waals surface area contributed by atoms with E-state index in [1.54, 1.807) is 14.2 Å². The molecule has 1 aromatic carbocycles. The number of ether oxygens (including phenoxy) is 2. The van der Waals surface area contributed by atoms with Crippen LogP contribution >= 0.6 is 0 Å². The first kappa shape index (κ1) is 14.2. The van der Waals surface area contributed by atoms with Crippen LogP contribution in [0.1, 0.15) is 17.0 Å². The van der Waals surface area contributed by atoms with Gasteiger partial charge < -0.3 is 19.5 Å². The van der Waals surface area contributed by atoms with Gasteiger partial charge in [0.05, 0.1) is 14.2 Å². The molecular formula is C15H20N2O4. The smallest absolute Gasteiger partial charge is 0.325 e. The molecule has 0 amide bonds. The van der Waals surface area contributed by atoms with Crippen molar-refractivity contribution in [2.75, 3.05) is 34.4 Å².